The van der Waals surface area contributed by atoms with E-state index in [-0.39, 0.29) is 0 Å². The van der Waals surface area contributed by atoms with Gasteiger partial charge in [0.25, 0.3) is 0 Å². The van der Waals surface area contributed by atoms with E-state index in [1.165, 1.54) is 11.3 Å². The number of hydrogen-bond donors (Lipinski definition) is 1. The third kappa shape index (κ3) is 4.02. The summed E-state index contributed by atoms with van der Waals surface area (Å²) in [6, 6.07) is 26.8. The van der Waals surface area contributed by atoms with Crippen molar-refractivity contribution in [3.05, 3.63) is 90.0 Å². The van der Waals surface area contributed by atoms with Crippen LogP contribution in [0.25, 0.3) is 0 Å². The molecule has 3 heteroatoms. The molecule has 0 heterocycles. The SMILES string of the molecule is Cc1ccc(N(C)c2ccc(C=NNc3ccccc3)cc2)cc1. The van der Waals surface area contributed by atoms with Crippen LogP contribution in [0, 0.1) is 6.92 Å². The van der Waals surface area contributed by atoms with Crippen molar-refractivity contribution in [3.8, 4) is 0 Å². The molecule has 0 aliphatic rings. The molecule has 0 unspecified atom stereocenters. The summed E-state index contributed by atoms with van der Waals surface area (Å²) in [6.07, 6.45) is 1.82. The summed E-state index contributed by atoms with van der Waals surface area (Å²) in [5, 5.41) is 4.27. The van der Waals surface area contributed by atoms with Crippen molar-refractivity contribution in [2.24, 2.45) is 5.10 Å². The lowest BCUT2D eigenvalue weighted by molar-refractivity contribution is 1.20. The first-order valence-electron chi connectivity index (χ1n) is 7.97. The molecule has 3 aromatic rings. The highest BCUT2D eigenvalue weighted by Crippen LogP contribution is 2.23. The smallest absolute Gasteiger partial charge is 0.0561 e. The number of anilines is 3. The molecule has 3 aromatic carbocycles. The molecular formula is C21H21N3. The largest absolute Gasteiger partial charge is 0.345 e. The quantitative estimate of drug-likeness (QED) is 0.517. The van der Waals surface area contributed by atoms with Gasteiger partial charge in [0.15, 0.2) is 0 Å². The van der Waals surface area contributed by atoms with Crippen LogP contribution >= 0.6 is 0 Å². The van der Waals surface area contributed by atoms with Gasteiger partial charge in [-0.2, -0.15) is 5.10 Å². The zero-order chi connectivity index (χ0) is 16.8. The summed E-state index contributed by atoms with van der Waals surface area (Å²) in [5.41, 5.74) is 8.64. The summed E-state index contributed by atoms with van der Waals surface area (Å²) in [5.74, 6) is 0. The number of benzene rings is 3. The Bertz CT molecular complexity index is 791. The molecule has 0 atom stereocenters. The fraction of sp³-hybridized carbons (Fsp3) is 0.0952. The van der Waals surface area contributed by atoms with E-state index in [9.17, 15) is 0 Å². The number of hydrogen-bond acceptors (Lipinski definition) is 3. The summed E-state index contributed by atoms with van der Waals surface area (Å²) in [6.45, 7) is 2.10. The number of nitrogens with one attached hydrogen (secondary N) is 1. The normalized spacial score (nSPS) is 10.8. The summed E-state index contributed by atoms with van der Waals surface area (Å²) in [4.78, 5) is 2.17. The monoisotopic (exact) mass is 315 g/mol. The van der Waals surface area contributed by atoms with Crippen molar-refractivity contribution < 1.29 is 0 Å². The number of rotatable bonds is 5. The number of aryl methyl sites for hydroxylation is 1. The van der Waals surface area contributed by atoms with Gasteiger partial charge in [0.2, 0.25) is 0 Å². The molecule has 0 spiro atoms. The van der Waals surface area contributed by atoms with Crippen LogP contribution in [-0.4, -0.2) is 13.3 Å². The van der Waals surface area contributed by atoms with E-state index < -0.39 is 0 Å². The maximum atomic E-state index is 4.27. The zero-order valence-corrected chi connectivity index (χ0v) is 14.0. The summed E-state index contributed by atoms with van der Waals surface area (Å²) >= 11 is 0. The first-order valence-corrected chi connectivity index (χ1v) is 7.97. The second-order valence-corrected chi connectivity index (χ2v) is 5.72. The second-order valence-electron chi connectivity index (χ2n) is 5.72. The average molecular weight is 315 g/mol. The third-order valence-electron chi connectivity index (χ3n) is 3.88. The Hall–Kier alpha value is -3.07. The van der Waals surface area contributed by atoms with Crippen LogP contribution < -0.4 is 10.3 Å². The molecule has 1 N–H and O–H groups in total. The Morgan fingerprint density at radius 2 is 1.38 bits per heavy atom. The topological polar surface area (TPSA) is 27.6 Å². The van der Waals surface area contributed by atoms with Crippen LogP contribution in [-0.2, 0) is 0 Å². The Morgan fingerprint density at radius 3 is 2.00 bits per heavy atom. The lowest BCUT2D eigenvalue weighted by Crippen LogP contribution is -2.09. The number of para-hydroxylation sites is 1. The van der Waals surface area contributed by atoms with E-state index in [4.69, 9.17) is 0 Å². The Morgan fingerprint density at radius 1 is 0.792 bits per heavy atom. The predicted octanol–water partition coefficient (Wildman–Crippen LogP) is 5.21. The van der Waals surface area contributed by atoms with Gasteiger partial charge in [-0.3, -0.25) is 5.43 Å². The minimum Gasteiger partial charge on any atom is -0.345 e. The Kier molecular flexibility index (Phi) is 4.92. The molecule has 0 saturated heterocycles. The predicted molar refractivity (Wildman–Crippen MR) is 103 cm³/mol. The highest BCUT2D eigenvalue weighted by molar-refractivity contribution is 5.81. The highest BCUT2D eigenvalue weighted by Gasteiger charge is 2.03. The van der Waals surface area contributed by atoms with E-state index in [0.717, 1.165) is 16.9 Å². The van der Waals surface area contributed by atoms with Crippen LogP contribution in [0.5, 0.6) is 0 Å². The highest BCUT2D eigenvalue weighted by atomic mass is 15.3. The van der Waals surface area contributed by atoms with E-state index >= 15 is 0 Å². The average Bonchev–Trinajstić information content (AvgIpc) is 2.63. The van der Waals surface area contributed by atoms with Crippen LogP contribution in [0.3, 0.4) is 0 Å². The van der Waals surface area contributed by atoms with Crippen molar-refractivity contribution in [2.45, 2.75) is 6.92 Å². The maximum Gasteiger partial charge on any atom is 0.0561 e. The molecule has 0 radical (unpaired) electrons. The maximum absolute atomic E-state index is 4.27. The van der Waals surface area contributed by atoms with Gasteiger partial charge in [-0.25, -0.2) is 0 Å². The van der Waals surface area contributed by atoms with Crippen LogP contribution in [0.15, 0.2) is 84.0 Å². The van der Waals surface area contributed by atoms with Crippen LogP contribution in [0.4, 0.5) is 17.1 Å². The van der Waals surface area contributed by atoms with Gasteiger partial charge in [0.05, 0.1) is 11.9 Å². The summed E-state index contributed by atoms with van der Waals surface area (Å²) < 4.78 is 0. The van der Waals surface area contributed by atoms with Crippen molar-refractivity contribution in [1.29, 1.82) is 0 Å². The number of hydrazone groups is 1. The molecule has 0 aliphatic heterocycles. The third-order valence-corrected chi connectivity index (χ3v) is 3.88. The van der Waals surface area contributed by atoms with E-state index in [0.29, 0.717) is 0 Å². The molecular weight excluding hydrogens is 294 g/mol. The molecule has 0 amide bonds. The minimum absolute atomic E-state index is 0.976. The second kappa shape index (κ2) is 7.47. The van der Waals surface area contributed by atoms with E-state index in [1.54, 1.807) is 0 Å². The fourth-order valence-electron chi connectivity index (χ4n) is 2.40. The molecule has 0 aliphatic carbocycles. The first kappa shape index (κ1) is 15.8. The van der Waals surface area contributed by atoms with Gasteiger partial charge in [0, 0.05) is 18.4 Å². The molecule has 0 fully saturated rings. The first-order chi connectivity index (χ1) is 11.7. The van der Waals surface area contributed by atoms with Crippen LogP contribution in [0.2, 0.25) is 0 Å². The standard InChI is InChI=1S/C21H21N3/c1-17-8-12-20(13-9-17)24(2)21-14-10-18(11-15-21)16-22-23-19-6-4-3-5-7-19/h3-16,23H,1-2H3. The molecule has 3 rings (SSSR count). The van der Waals surface area contributed by atoms with Crippen LogP contribution in [0.1, 0.15) is 11.1 Å². The molecule has 3 nitrogen and oxygen atoms in total. The van der Waals surface area contributed by atoms with Crippen molar-refractivity contribution in [1.82, 2.24) is 0 Å². The molecule has 120 valence electrons. The lowest BCUT2D eigenvalue weighted by Gasteiger charge is -2.19. The van der Waals surface area contributed by atoms with Gasteiger partial charge >= 0.3 is 0 Å². The van der Waals surface area contributed by atoms with E-state index in [1.807, 2.05) is 36.5 Å². The molecule has 0 bridgehead atoms. The lowest BCUT2D eigenvalue weighted by atomic mass is 10.2. The van der Waals surface area contributed by atoms with Gasteiger partial charge < -0.3 is 4.90 Å². The molecule has 0 saturated carbocycles. The zero-order valence-electron chi connectivity index (χ0n) is 14.0. The Balaban J connectivity index is 1.65. The van der Waals surface area contributed by atoms with E-state index in [2.05, 4.69) is 77.9 Å². The van der Waals surface area contributed by atoms with Gasteiger partial charge in [-0.15, -0.1) is 0 Å². The van der Waals surface area contributed by atoms with Gasteiger partial charge in [0.1, 0.15) is 0 Å². The van der Waals surface area contributed by atoms with Crippen molar-refractivity contribution in [3.63, 3.8) is 0 Å². The number of nitrogens with zero attached hydrogens (tertiary/aromatic N) is 2. The molecule has 0 aromatic heterocycles. The van der Waals surface area contributed by atoms with Crippen molar-refractivity contribution in [2.75, 3.05) is 17.4 Å². The van der Waals surface area contributed by atoms with Crippen molar-refractivity contribution >= 4 is 23.3 Å². The van der Waals surface area contributed by atoms with Gasteiger partial charge in [-0.1, -0.05) is 48.0 Å². The molecule has 24 heavy (non-hydrogen) atoms. The fourth-order valence-corrected chi connectivity index (χ4v) is 2.40. The Labute approximate surface area is 143 Å². The minimum atomic E-state index is 0.976. The summed E-state index contributed by atoms with van der Waals surface area (Å²) in [7, 11) is 2.07. The van der Waals surface area contributed by atoms with Gasteiger partial charge in [-0.05, 0) is 48.9 Å².